The van der Waals surface area contributed by atoms with Crippen molar-refractivity contribution >= 4 is 27.4 Å². The van der Waals surface area contributed by atoms with E-state index in [2.05, 4.69) is 57.6 Å². The van der Waals surface area contributed by atoms with Crippen LogP contribution in [-0.4, -0.2) is 23.1 Å². The highest BCUT2D eigenvalue weighted by atomic mass is 32.1. The molecule has 0 saturated heterocycles. The number of likely N-dealkylation sites (N-methyl/N-ethyl adjacent to an activating group) is 1. The maximum Gasteiger partial charge on any atom is 0.140 e. The molecule has 1 atom stereocenters. The Hall–Kier alpha value is -1.94. The lowest BCUT2D eigenvalue weighted by Crippen LogP contribution is -2.37. The zero-order valence-electron chi connectivity index (χ0n) is 12.0. The van der Waals surface area contributed by atoms with E-state index >= 15 is 0 Å². The Balaban J connectivity index is 1.67. The van der Waals surface area contributed by atoms with Crippen molar-refractivity contribution in [2.24, 2.45) is 0 Å². The minimum absolute atomic E-state index is 0.512. The zero-order valence-corrected chi connectivity index (χ0v) is 12.8. The lowest BCUT2D eigenvalue weighted by Gasteiger charge is -2.33. The van der Waals surface area contributed by atoms with E-state index in [0.717, 1.165) is 23.5 Å². The van der Waals surface area contributed by atoms with E-state index in [1.54, 1.807) is 17.7 Å². The zero-order chi connectivity index (χ0) is 14.2. The van der Waals surface area contributed by atoms with Crippen LogP contribution in [0.2, 0.25) is 0 Å². The Morgan fingerprint density at radius 2 is 2.00 bits per heavy atom. The summed E-state index contributed by atoms with van der Waals surface area (Å²) in [7, 11) is 2.16. The first-order valence-corrected chi connectivity index (χ1v) is 8.19. The van der Waals surface area contributed by atoms with Gasteiger partial charge in [0.05, 0.1) is 5.39 Å². The minimum atomic E-state index is 0.512. The fourth-order valence-corrected chi connectivity index (χ4v) is 3.97. The van der Waals surface area contributed by atoms with Crippen LogP contribution in [0.3, 0.4) is 0 Å². The van der Waals surface area contributed by atoms with Gasteiger partial charge in [0, 0.05) is 13.1 Å². The maximum absolute atomic E-state index is 4.53. The number of hydrogen-bond acceptors (Lipinski definition) is 4. The number of rotatable bonds is 2. The Kier molecular flexibility index (Phi) is 3.11. The van der Waals surface area contributed by atoms with E-state index in [1.165, 1.54) is 22.9 Å². The smallest absolute Gasteiger partial charge is 0.140 e. The number of hydrogen-bond donors (Lipinski definition) is 0. The minimum Gasteiger partial charge on any atom is -0.356 e. The van der Waals surface area contributed by atoms with E-state index in [4.69, 9.17) is 0 Å². The lowest BCUT2D eigenvalue weighted by atomic mass is 9.87. The van der Waals surface area contributed by atoms with Gasteiger partial charge in [-0.2, -0.15) is 0 Å². The molecule has 1 aliphatic carbocycles. The highest BCUT2D eigenvalue weighted by molar-refractivity contribution is 7.16. The summed E-state index contributed by atoms with van der Waals surface area (Å²) >= 11 is 1.68. The Bertz CT molecular complexity index is 780. The molecule has 0 amide bonds. The molecule has 2 aromatic heterocycles. The molecule has 0 bridgehead atoms. The maximum atomic E-state index is 4.53. The molecule has 1 aliphatic rings. The first kappa shape index (κ1) is 12.8. The third-order valence-electron chi connectivity index (χ3n) is 4.44. The standard InChI is InChI=1S/C17H17N3S/c1-20(16-15-8-9-21-17(15)19-11-18-16)14-7-6-12-4-2-3-5-13(12)10-14/h2-5,8-9,11,14H,6-7,10H2,1H3. The fraction of sp³-hybridized carbons (Fsp3) is 0.294. The van der Waals surface area contributed by atoms with Crippen LogP contribution in [0.1, 0.15) is 17.5 Å². The largest absolute Gasteiger partial charge is 0.356 e. The second-order valence-corrected chi connectivity index (χ2v) is 6.51. The summed E-state index contributed by atoms with van der Waals surface area (Å²) in [6.07, 6.45) is 5.12. The van der Waals surface area contributed by atoms with Crippen molar-refractivity contribution in [1.82, 2.24) is 9.97 Å². The first-order chi connectivity index (χ1) is 10.3. The van der Waals surface area contributed by atoms with Crippen LogP contribution in [-0.2, 0) is 12.8 Å². The molecule has 0 spiro atoms. The first-order valence-electron chi connectivity index (χ1n) is 7.31. The lowest BCUT2D eigenvalue weighted by molar-refractivity contribution is 0.545. The summed E-state index contributed by atoms with van der Waals surface area (Å²) in [4.78, 5) is 12.3. The highest BCUT2D eigenvalue weighted by Crippen LogP contribution is 2.31. The van der Waals surface area contributed by atoms with Crippen LogP contribution in [0.15, 0.2) is 42.0 Å². The van der Waals surface area contributed by atoms with Gasteiger partial charge in [-0.3, -0.25) is 0 Å². The van der Waals surface area contributed by atoms with Gasteiger partial charge in [-0.15, -0.1) is 11.3 Å². The number of aromatic nitrogens is 2. The third kappa shape index (κ3) is 2.20. The number of aryl methyl sites for hydroxylation is 1. The van der Waals surface area contributed by atoms with Crippen molar-refractivity contribution in [3.63, 3.8) is 0 Å². The SMILES string of the molecule is CN(c1ncnc2sccc12)C1CCc2ccccc2C1. The van der Waals surface area contributed by atoms with E-state index in [-0.39, 0.29) is 0 Å². The molecular weight excluding hydrogens is 278 g/mol. The fourth-order valence-electron chi connectivity index (χ4n) is 3.24. The average Bonchev–Trinajstić information content (AvgIpc) is 3.02. The molecule has 0 radical (unpaired) electrons. The van der Waals surface area contributed by atoms with E-state index < -0.39 is 0 Å². The van der Waals surface area contributed by atoms with Crippen molar-refractivity contribution < 1.29 is 0 Å². The van der Waals surface area contributed by atoms with Crippen LogP contribution >= 0.6 is 11.3 Å². The summed E-state index contributed by atoms with van der Waals surface area (Å²) in [5.74, 6) is 1.06. The van der Waals surface area contributed by atoms with Gasteiger partial charge in [-0.1, -0.05) is 24.3 Å². The second kappa shape index (κ2) is 5.11. The van der Waals surface area contributed by atoms with Gasteiger partial charge in [0.15, 0.2) is 0 Å². The normalized spacial score (nSPS) is 17.7. The van der Waals surface area contributed by atoms with Gasteiger partial charge >= 0.3 is 0 Å². The number of anilines is 1. The number of fused-ring (bicyclic) bond motifs is 2. The quantitative estimate of drug-likeness (QED) is 0.722. The third-order valence-corrected chi connectivity index (χ3v) is 5.26. The van der Waals surface area contributed by atoms with Crippen LogP contribution in [0, 0.1) is 0 Å². The van der Waals surface area contributed by atoms with E-state index in [0.29, 0.717) is 6.04 Å². The van der Waals surface area contributed by atoms with Gasteiger partial charge in [-0.05, 0) is 41.8 Å². The molecule has 106 valence electrons. The van der Waals surface area contributed by atoms with Crippen LogP contribution < -0.4 is 4.90 Å². The summed E-state index contributed by atoms with van der Waals surface area (Å²) in [6.45, 7) is 0. The average molecular weight is 295 g/mol. The molecule has 4 rings (SSSR count). The van der Waals surface area contributed by atoms with Crippen molar-refractivity contribution in [1.29, 1.82) is 0 Å². The number of nitrogens with zero attached hydrogens (tertiary/aromatic N) is 3. The molecule has 0 N–H and O–H groups in total. The molecular formula is C17H17N3S. The molecule has 0 aliphatic heterocycles. The Morgan fingerprint density at radius 1 is 1.14 bits per heavy atom. The monoisotopic (exact) mass is 295 g/mol. The van der Waals surface area contributed by atoms with Crippen LogP contribution in [0.5, 0.6) is 0 Å². The predicted molar refractivity (Wildman–Crippen MR) is 88.1 cm³/mol. The summed E-state index contributed by atoms with van der Waals surface area (Å²) in [5, 5.41) is 3.26. The molecule has 1 unspecified atom stereocenters. The Morgan fingerprint density at radius 3 is 2.90 bits per heavy atom. The molecule has 2 heterocycles. The molecule has 1 aromatic carbocycles. The number of thiophene rings is 1. The molecule has 3 nitrogen and oxygen atoms in total. The van der Waals surface area contributed by atoms with Crippen molar-refractivity contribution in [3.8, 4) is 0 Å². The molecule has 0 saturated carbocycles. The molecule has 21 heavy (non-hydrogen) atoms. The van der Waals surface area contributed by atoms with Gasteiger partial charge in [0.25, 0.3) is 0 Å². The topological polar surface area (TPSA) is 29.0 Å². The van der Waals surface area contributed by atoms with Crippen molar-refractivity contribution in [2.45, 2.75) is 25.3 Å². The van der Waals surface area contributed by atoms with Gasteiger partial charge < -0.3 is 4.90 Å². The van der Waals surface area contributed by atoms with E-state index in [1.807, 2.05) is 0 Å². The molecule has 4 heteroatoms. The number of benzene rings is 1. The van der Waals surface area contributed by atoms with Gasteiger partial charge in [0.2, 0.25) is 0 Å². The summed E-state index contributed by atoms with van der Waals surface area (Å²) in [6, 6.07) is 11.4. The summed E-state index contributed by atoms with van der Waals surface area (Å²) in [5.41, 5.74) is 2.99. The second-order valence-electron chi connectivity index (χ2n) is 5.61. The van der Waals surface area contributed by atoms with Crippen molar-refractivity contribution in [3.05, 3.63) is 53.2 Å². The van der Waals surface area contributed by atoms with Crippen molar-refractivity contribution in [2.75, 3.05) is 11.9 Å². The highest BCUT2D eigenvalue weighted by Gasteiger charge is 2.23. The predicted octanol–water partition coefficient (Wildman–Crippen LogP) is 3.69. The van der Waals surface area contributed by atoms with Gasteiger partial charge in [0.1, 0.15) is 17.0 Å². The summed E-state index contributed by atoms with van der Waals surface area (Å²) < 4.78 is 0. The Labute approximate surface area is 128 Å². The van der Waals surface area contributed by atoms with Crippen LogP contribution in [0.25, 0.3) is 10.2 Å². The molecule has 0 fully saturated rings. The van der Waals surface area contributed by atoms with E-state index in [9.17, 15) is 0 Å². The van der Waals surface area contributed by atoms with Crippen LogP contribution in [0.4, 0.5) is 5.82 Å². The van der Waals surface area contributed by atoms with Gasteiger partial charge in [-0.25, -0.2) is 9.97 Å². The molecule has 3 aromatic rings.